The minimum Gasteiger partial charge on any atom is -0.494 e. The number of carbonyl (C=O) groups excluding carboxylic acids is 1. The van der Waals surface area contributed by atoms with Crippen molar-refractivity contribution in [3.05, 3.63) is 29.8 Å². The van der Waals surface area contributed by atoms with Gasteiger partial charge in [0.1, 0.15) is 5.75 Å². The first-order valence-corrected chi connectivity index (χ1v) is 8.83. The highest BCUT2D eigenvalue weighted by molar-refractivity contribution is 6.27. The Morgan fingerprint density at radius 3 is 2.30 bits per heavy atom. The number of likely N-dealkylation sites (tertiary alicyclic amines) is 1. The van der Waals surface area contributed by atoms with Gasteiger partial charge < -0.3 is 24.6 Å². The molecule has 1 unspecified atom stereocenters. The van der Waals surface area contributed by atoms with Crippen LogP contribution in [0.3, 0.4) is 0 Å². The van der Waals surface area contributed by atoms with Crippen molar-refractivity contribution in [1.82, 2.24) is 4.90 Å². The lowest BCUT2D eigenvalue weighted by atomic mass is 10.0. The predicted molar refractivity (Wildman–Crippen MR) is 98.0 cm³/mol. The highest BCUT2D eigenvalue weighted by Gasteiger charge is 2.15. The number of ether oxygens (including phenoxy) is 2. The molecule has 0 spiro atoms. The monoisotopic (exact) mass is 381 g/mol. The van der Waals surface area contributed by atoms with E-state index in [2.05, 4.69) is 16.6 Å². The van der Waals surface area contributed by atoms with Crippen LogP contribution in [-0.2, 0) is 14.3 Å². The molecule has 2 rings (SSSR count). The highest BCUT2D eigenvalue weighted by atomic mass is 16.5. The molecule has 1 saturated heterocycles. The van der Waals surface area contributed by atoms with Gasteiger partial charge in [-0.15, -0.1) is 0 Å². The Morgan fingerprint density at radius 1 is 1.15 bits per heavy atom. The molecule has 1 aromatic carbocycles. The molecule has 2 N–H and O–H groups in total. The van der Waals surface area contributed by atoms with E-state index in [1.807, 2.05) is 12.1 Å². The molecule has 8 nitrogen and oxygen atoms in total. The van der Waals surface area contributed by atoms with Crippen LogP contribution in [0, 0.1) is 5.92 Å². The van der Waals surface area contributed by atoms with E-state index in [0.717, 1.165) is 24.6 Å². The molecule has 0 amide bonds. The van der Waals surface area contributed by atoms with Crippen LogP contribution in [-0.4, -0.2) is 66.4 Å². The summed E-state index contributed by atoms with van der Waals surface area (Å²) in [5.74, 6) is -2.34. The van der Waals surface area contributed by atoms with Gasteiger partial charge in [-0.25, -0.2) is 14.4 Å². The number of nitrogens with zero attached hydrogens (tertiary/aromatic N) is 1. The summed E-state index contributed by atoms with van der Waals surface area (Å²) >= 11 is 0. The van der Waals surface area contributed by atoms with Gasteiger partial charge in [0.05, 0.1) is 19.3 Å². The number of benzene rings is 1. The fourth-order valence-corrected chi connectivity index (χ4v) is 2.77. The Bertz CT molecular complexity index is 603. The van der Waals surface area contributed by atoms with Crippen LogP contribution in [0.2, 0.25) is 0 Å². The van der Waals surface area contributed by atoms with E-state index >= 15 is 0 Å². The van der Waals surface area contributed by atoms with E-state index in [1.54, 1.807) is 12.1 Å². The maximum atomic E-state index is 11.3. The highest BCUT2D eigenvalue weighted by Crippen LogP contribution is 2.16. The summed E-state index contributed by atoms with van der Waals surface area (Å²) in [5.41, 5.74) is 0.548. The molecule has 1 atom stereocenters. The van der Waals surface area contributed by atoms with Gasteiger partial charge in [0.25, 0.3) is 0 Å². The van der Waals surface area contributed by atoms with Gasteiger partial charge in [0, 0.05) is 13.1 Å². The molecule has 150 valence electrons. The lowest BCUT2D eigenvalue weighted by Gasteiger charge is -2.30. The lowest BCUT2D eigenvalue weighted by molar-refractivity contribution is -0.159. The van der Waals surface area contributed by atoms with Gasteiger partial charge in [-0.1, -0.05) is 6.92 Å². The van der Waals surface area contributed by atoms with Crippen LogP contribution >= 0.6 is 0 Å². The Kier molecular flexibility index (Phi) is 9.89. The number of carbonyl (C=O) groups is 3. The molecule has 1 aromatic rings. The Balaban J connectivity index is 0.000000527. The number of esters is 1. The van der Waals surface area contributed by atoms with Crippen molar-refractivity contribution in [2.45, 2.75) is 26.2 Å². The molecule has 27 heavy (non-hydrogen) atoms. The first-order chi connectivity index (χ1) is 12.8. The molecule has 0 radical (unpaired) electrons. The summed E-state index contributed by atoms with van der Waals surface area (Å²) in [6, 6.07) is 7.09. The SMILES string of the molecule is COC(=O)c1ccc(OCCCN2CCCC(C)C2)cc1.O=C(O)C(=O)O. The van der Waals surface area contributed by atoms with Crippen LogP contribution in [0.15, 0.2) is 24.3 Å². The number of methoxy groups -OCH3 is 1. The molecular formula is C19H27NO7. The van der Waals surface area contributed by atoms with E-state index in [1.165, 1.54) is 33.0 Å². The van der Waals surface area contributed by atoms with Gasteiger partial charge in [0.15, 0.2) is 0 Å². The molecular weight excluding hydrogens is 354 g/mol. The minimum absolute atomic E-state index is 0.319. The van der Waals surface area contributed by atoms with E-state index < -0.39 is 11.9 Å². The van der Waals surface area contributed by atoms with Gasteiger partial charge >= 0.3 is 17.9 Å². The summed E-state index contributed by atoms with van der Waals surface area (Å²) in [5, 5.41) is 14.8. The van der Waals surface area contributed by atoms with E-state index in [-0.39, 0.29) is 5.97 Å². The van der Waals surface area contributed by atoms with Gasteiger partial charge in [-0.2, -0.15) is 0 Å². The second kappa shape index (κ2) is 11.9. The maximum Gasteiger partial charge on any atom is 0.414 e. The summed E-state index contributed by atoms with van der Waals surface area (Å²) < 4.78 is 10.4. The molecule has 0 saturated carbocycles. The van der Waals surface area contributed by atoms with Crippen LogP contribution in [0.5, 0.6) is 5.75 Å². The third-order valence-corrected chi connectivity index (χ3v) is 4.09. The van der Waals surface area contributed by atoms with Crippen molar-refractivity contribution in [3.63, 3.8) is 0 Å². The third-order valence-electron chi connectivity index (χ3n) is 4.09. The van der Waals surface area contributed by atoms with Crippen molar-refractivity contribution in [2.24, 2.45) is 5.92 Å². The number of hydrogen-bond donors (Lipinski definition) is 2. The van der Waals surface area contributed by atoms with Crippen molar-refractivity contribution in [2.75, 3.05) is 33.4 Å². The van der Waals surface area contributed by atoms with Crippen LogP contribution in [0.4, 0.5) is 0 Å². The molecule has 0 aliphatic carbocycles. The average molecular weight is 381 g/mol. The first kappa shape index (κ1) is 22.4. The summed E-state index contributed by atoms with van der Waals surface area (Å²) in [4.78, 5) is 32.0. The van der Waals surface area contributed by atoms with Crippen molar-refractivity contribution in [3.8, 4) is 5.75 Å². The van der Waals surface area contributed by atoms with Crippen molar-refractivity contribution in [1.29, 1.82) is 0 Å². The summed E-state index contributed by atoms with van der Waals surface area (Å²) in [6.07, 6.45) is 3.71. The molecule has 0 bridgehead atoms. The Labute approximate surface area is 158 Å². The number of carboxylic acids is 2. The molecule has 1 aliphatic rings. The Morgan fingerprint density at radius 2 is 1.78 bits per heavy atom. The van der Waals surface area contributed by atoms with Crippen molar-refractivity contribution < 1.29 is 34.1 Å². The molecule has 1 aliphatic heterocycles. The molecule has 8 heteroatoms. The minimum atomic E-state index is -1.82. The van der Waals surface area contributed by atoms with E-state index in [0.29, 0.717) is 12.2 Å². The van der Waals surface area contributed by atoms with Crippen LogP contribution < -0.4 is 4.74 Å². The molecule has 1 fully saturated rings. The van der Waals surface area contributed by atoms with Crippen LogP contribution in [0.1, 0.15) is 36.5 Å². The zero-order valence-electron chi connectivity index (χ0n) is 15.7. The second-order valence-electron chi connectivity index (χ2n) is 6.38. The second-order valence-corrected chi connectivity index (χ2v) is 6.38. The largest absolute Gasteiger partial charge is 0.494 e. The van der Waals surface area contributed by atoms with Gasteiger partial charge in [-0.05, 0) is 56.0 Å². The average Bonchev–Trinajstić information content (AvgIpc) is 2.65. The van der Waals surface area contributed by atoms with E-state index in [4.69, 9.17) is 24.5 Å². The summed E-state index contributed by atoms with van der Waals surface area (Å²) in [6.45, 7) is 6.57. The van der Waals surface area contributed by atoms with Gasteiger partial charge in [-0.3, -0.25) is 0 Å². The number of piperidine rings is 1. The fraction of sp³-hybridized carbons (Fsp3) is 0.526. The lowest BCUT2D eigenvalue weighted by Crippen LogP contribution is -2.35. The number of carboxylic acid groups (broad SMARTS) is 2. The quantitative estimate of drug-likeness (QED) is 0.438. The summed E-state index contributed by atoms with van der Waals surface area (Å²) in [7, 11) is 1.38. The molecule has 1 heterocycles. The third kappa shape index (κ3) is 9.05. The topological polar surface area (TPSA) is 113 Å². The number of rotatable bonds is 6. The zero-order chi connectivity index (χ0) is 20.2. The number of aliphatic carboxylic acids is 2. The first-order valence-electron chi connectivity index (χ1n) is 8.83. The van der Waals surface area contributed by atoms with Crippen LogP contribution in [0.25, 0.3) is 0 Å². The van der Waals surface area contributed by atoms with E-state index in [9.17, 15) is 4.79 Å². The van der Waals surface area contributed by atoms with Gasteiger partial charge in [0.2, 0.25) is 0 Å². The number of hydrogen-bond acceptors (Lipinski definition) is 6. The maximum absolute atomic E-state index is 11.3. The smallest absolute Gasteiger partial charge is 0.414 e. The Hall–Kier alpha value is -2.61. The standard InChI is InChI=1S/C17H25NO3.C2H2O4/c1-14-5-3-10-18(13-14)11-4-12-21-16-8-6-15(7-9-16)17(19)20-2;3-1(4)2(5)6/h6-9,14H,3-5,10-13H2,1-2H3;(H,3,4)(H,5,6). The van der Waals surface area contributed by atoms with Crippen molar-refractivity contribution >= 4 is 17.9 Å². The fourth-order valence-electron chi connectivity index (χ4n) is 2.77. The molecule has 0 aromatic heterocycles. The normalized spacial score (nSPS) is 16.6. The predicted octanol–water partition coefficient (Wildman–Crippen LogP) is 2.13. The zero-order valence-corrected chi connectivity index (χ0v) is 15.7.